The molecule has 1 aromatic rings. The molecule has 2 heterocycles. The van der Waals surface area contributed by atoms with E-state index in [1.165, 1.54) is 12.8 Å². The van der Waals surface area contributed by atoms with Gasteiger partial charge in [0.1, 0.15) is 0 Å². The normalized spacial score (nSPS) is 19.4. The van der Waals surface area contributed by atoms with Crippen molar-refractivity contribution in [1.29, 1.82) is 0 Å². The predicted molar refractivity (Wildman–Crippen MR) is 82.2 cm³/mol. The summed E-state index contributed by atoms with van der Waals surface area (Å²) in [7, 11) is 0. The number of aliphatic hydroxyl groups excluding tert-OH is 1. The lowest BCUT2D eigenvalue weighted by molar-refractivity contribution is 0.0868. The van der Waals surface area contributed by atoms with E-state index in [2.05, 4.69) is 15.2 Å². The highest BCUT2D eigenvalue weighted by Crippen LogP contribution is 2.16. The maximum Gasteiger partial charge on any atom is 0.252 e. The number of aromatic nitrogens is 1. The standard InChI is InChI=1S/C16H25N3O2/c1-13-9-14(11-17-10-13)16(21)18-6-4-8-19-7-3-2-5-15(19)12-20/h9-11,15,20H,2-8,12H2,1H3,(H,18,21)/t15-/m0/s1. The molecule has 1 atom stereocenters. The summed E-state index contributed by atoms with van der Waals surface area (Å²) >= 11 is 0. The molecule has 21 heavy (non-hydrogen) atoms. The number of hydrogen-bond acceptors (Lipinski definition) is 4. The highest BCUT2D eigenvalue weighted by atomic mass is 16.3. The summed E-state index contributed by atoms with van der Waals surface area (Å²) in [6.07, 6.45) is 7.73. The quantitative estimate of drug-likeness (QED) is 0.777. The van der Waals surface area contributed by atoms with E-state index in [-0.39, 0.29) is 12.5 Å². The first-order valence-corrected chi connectivity index (χ1v) is 7.75. The molecule has 0 aliphatic carbocycles. The third-order valence-corrected chi connectivity index (χ3v) is 4.00. The van der Waals surface area contributed by atoms with E-state index >= 15 is 0 Å². The van der Waals surface area contributed by atoms with Crippen LogP contribution in [0.25, 0.3) is 0 Å². The molecule has 116 valence electrons. The molecule has 1 aromatic heterocycles. The van der Waals surface area contributed by atoms with E-state index in [9.17, 15) is 9.90 Å². The van der Waals surface area contributed by atoms with Crippen LogP contribution in [0.2, 0.25) is 0 Å². The second-order valence-electron chi connectivity index (χ2n) is 5.73. The number of carbonyl (C=O) groups excluding carboxylic acids is 1. The topological polar surface area (TPSA) is 65.5 Å². The molecule has 0 bridgehead atoms. The number of piperidine rings is 1. The van der Waals surface area contributed by atoms with Crippen molar-refractivity contribution in [3.05, 3.63) is 29.6 Å². The fourth-order valence-electron chi connectivity index (χ4n) is 2.83. The van der Waals surface area contributed by atoms with E-state index in [0.29, 0.717) is 18.2 Å². The molecule has 1 aliphatic heterocycles. The van der Waals surface area contributed by atoms with Crippen molar-refractivity contribution in [2.24, 2.45) is 0 Å². The first-order valence-electron chi connectivity index (χ1n) is 7.75. The van der Waals surface area contributed by atoms with Crippen LogP contribution >= 0.6 is 0 Å². The molecular formula is C16H25N3O2. The van der Waals surface area contributed by atoms with E-state index in [1.807, 2.05) is 13.0 Å². The number of aryl methyl sites for hydroxylation is 1. The molecule has 2 rings (SSSR count). The van der Waals surface area contributed by atoms with Gasteiger partial charge in [0, 0.05) is 31.5 Å². The summed E-state index contributed by atoms with van der Waals surface area (Å²) in [4.78, 5) is 18.3. The van der Waals surface area contributed by atoms with Gasteiger partial charge in [0.05, 0.1) is 12.2 Å². The minimum atomic E-state index is -0.0662. The summed E-state index contributed by atoms with van der Waals surface area (Å²) in [6.45, 7) is 4.80. The van der Waals surface area contributed by atoms with Crippen LogP contribution in [0.4, 0.5) is 0 Å². The van der Waals surface area contributed by atoms with E-state index in [4.69, 9.17) is 0 Å². The van der Waals surface area contributed by atoms with Gasteiger partial charge in [0.25, 0.3) is 5.91 Å². The van der Waals surface area contributed by atoms with Gasteiger partial charge >= 0.3 is 0 Å². The number of pyridine rings is 1. The largest absolute Gasteiger partial charge is 0.395 e. The first kappa shape index (κ1) is 15.9. The minimum Gasteiger partial charge on any atom is -0.395 e. The van der Waals surface area contributed by atoms with Gasteiger partial charge in [-0.15, -0.1) is 0 Å². The molecule has 1 amide bonds. The average Bonchev–Trinajstić information content (AvgIpc) is 2.51. The predicted octanol–water partition coefficient (Wildman–Crippen LogP) is 1.36. The molecule has 5 heteroatoms. The van der Waals surface area contributed by atoms with Crippen LogP contribution in [0.15, 0.2) is 18.5 Å². The van der Waals surface area contributed by atoms with Crippen LogP contribution in [0.5, 0.6) is 0 Å². The Bertz CT molecular complexity index is 465. The van der Waals surface area contributed by atoms with Crippen LogP contribution in [-0.4, -0.2) is 53.2 Å². The third kappa shape index (κ3) is 4.79. The smallest absolute Gasteiger partial charge is 0.252 e. The molecule has 0 spiro atoms. The Morgan fingerprint density at radius 2 is 2.33 bits per heavy atom. The zero-order valence-electron chi connectivity index (χ0n) is 12.7. The van der Waals surface area contributed by atoms with E-state index in [1.54, 1.807) is 12.4 Å². The Kier molecular flexibility index (Phi) is 6.14. The Labute approximate surface area is 126 Å². The van der Waals surface area contributed by atoms with Crippen LogP contribution in [-0.2, 0) is 0 Å². The second kappa shape index (κ2) is 8.10. The van der Waals surface area contributed by atoms with Gasteiger partial charge < -0.3 is 10.4 Å². The molecule has 1 aliphatic rings. The van der Waals surface area contributed by atoms with Crippen molar-refractivity contribution in [2.45, 2.75) is 38.6 Å². The van der Waals surface area contributed by atoms with E-state index < -0.39 is 0 Å². The fraction of sp³-hybridized carbons (Fsp3) is 0.625. The minimum absolute atomic E-state index is 0.0662. The monoisotopic (exact) mass is 291 g/mol. The SMILES string of the molecule is Cc1cncc(C(=O)NCCCN2CCCC[C@H]2CO)c1. The highest BCUT2D eigenvalue weighted by Gasteiger charge is 2.20. The Balaban J connectivity index is 1.70. The van der Waals surface area contributed by atoms with Crippen molar-refractivity contribution in [3.8, 4) is 0 Å². The van der Waals surface area contributed by atoms with Crippen LogP contribution in [0.3, 0.4) is 0 Å². The summed E-state index contributed by atoms with van der Waals surface area (Å²) in [5, 5.41) is 12.3. The van der Waals surface area contributed by atoms with Crippen molar-refractivity contribution >= 4 is 5.91 Å². The molecule has 1 fully saturated rings. The van der Waals surface area contributed by atoms with Crippen molar-refractivity contribution in [3.63, 3.8) is 0 Å². The number of carbonyl (C=O) groups is 1. The number of aliphatic hydroxyl groups is 1. The number of nitrogens with one attached hydrogen (secondary N) is 1. The van der Waals surface area contributed by atoms with Gasteiger partial charge in [-0.1, -0.05) is 6.42 Å². The van der Waals surface area contributed by atoms with Gasteiger partial charge in [-0.25, -0.2) is 0 Å². The highest BCUT2D eigenvalue weighted by molar-refractivity contribution is 5.93. The Hall–Kier alpha value is -1.46. The summed E-state index contributed by atoms with van der Waals surface area (Å²) in [6, 6.07) is 2.14. The average molecular weight is 291 g/mol. The first-order chi connectivity index (χ1) is 10.2. The summed E-state index contributed by atoms with van der Waals surface area (Å²) in [5.41, 5.74) is 1.60. The molecule has 0 unspecified atom stereocenters. The Morgan fingerprint density at radius 1 is 1.48 bits per heavy atom. The van der Waals surface area contributed by atoms with Crippen LogP contribution < -0.4 is 5.32 Å². The fourth-order valence-corrected chi connectivity index (χ4v) is 2.83. The molecule has 5 nitrogen and oxygen atoms in total. The number of hydrogen-bond donors (Lipinski definition) is 2. The zero-order chi connectivity index (χ0) is 15.1. The zero-order valence-corrected chi connectivity index (χ0v) is 12.7. The number of likely N-dealkylation sites (tertiary alicyclic amines) is 1. The molecule has 0 radical (unpaired) electrons. The van der Waals surface area contributed by atoms with Gasteiger partial charge in [-0.2, -0.15) is 0 Å². The van der Waals surface area contributed by atoms with Gasteiger partial charge in [0.2, 0.25) is 0 Å². The molecule has 1 saturated heterocycles. The molecule has 2 N–H and O–H groups in total. The molecule has 0 aromatic carbocycles. The molecular weight excluding hydrogens is 266 g/mol. The van der Waals surface area contributed by atoms with Crippen molar-refractivity contribution in [1.82, 2.24) is 15.2 Å². The number of nitrogens with zero attached hydrogens (tertiary/aromatic N) is 2. The van der Waals surface area contributed by atoms with Crippen LogP contribution in [0.1, 0.15) is 41.6 Å². The summed E-state index contributed by atoms with van der Waals surface area (Å²) in [5.74, 6) is -0.0662. The maximum absolute atomic E-state index is 12.0. The van der Waals surface area contributed by atoms with Crippen LogP contribution in [0, 0.1) is 6.92 Å². The van der Waals surface area contributed by atoms with Gasteiger partial charge in [-0.3, -0.25) is 14.7 Å². The van der Waals surface area contributed by atoms with Gasteiger partial charge in [-0.05, 0) is 44.4 Å². The summed E-state index contributed by atoms with van der Waals surface area (Å²) < 4.78 is 0. The lowest BCUT2D eigenvalue weighted by atomic mass is 10.0. The second-order valence-corrected chi connectivity index (χ2v) is 5.73. The van der Waals surface area contributed by atoms with E-state index in [0.717, 1.165) is 31.5 Å². The van der Waals surface area contributed by atoms with Crippen molar-refractivity contribution in [2.75, 3.05) is 26.2 Å². The maximum atomic E-state index is 12.0. The number of rotatable bonds is 6. The Morgan fingerprint density at radius 3 is 3.10 bits per heavy atom. The van der Waals surface area contributed by atoms with Gasteiger partial charge in [0.15, 0.2) is 0 Å². The lowest BCUT2D eigenvalue weighted by Gasteiger charge is -2.34. The molecule has 0 saturated carbocycles. The van der Waals surface area contributed by atoms with Crippen molar-refractivity contribution < 1.29 is 9.90 Å². The number of amides is 1. The third-order valence-electron chi connectivity index (χ3n) is 4.00. The lowest BCUT2D eigenvalue weighted by Crippen LogP contribution is -2.43.